The Morgan fingerprint density at radius 1 is 0.900 bits per heavy atom. The molecule has 0 aliphatic heterocycles. The van der Waals surface area contributed by atoms with Gasteiger partial charge in [0.15, 0.2) is 0 Å². The van der Waals surface area contributed by atoms with Gasteiger partial charge in [0.1, 0.15) is 12.2 Å². The number of benzene rings is 2. The second-order valence-electron chi connectivity index (χ2n) is 7.03. The molecule has 0 aliphatic rings. The fourth-order valence-corrected chi connectivity index (χ4v) is 3.36. The lowest BCUT2D eigenvalue weighted by Gasteiger charge is -2.10. The molecule has 7 heteroatoms. The summed E-state index contributed by atoms with van der Waals surface area (Å²) in [5.41, 5.74) is 5.85. The number of hydrogen-bond donors (Lipinski definition) is 1. The first-order valence-electron chi connectivity index (χ1n) is 9.60. The maximum absolute atomic E-state index is 4.79. The van der Waals surface area contributed by atoms with E-state index in [1.165, 1.54) is 0 Å². The fraction of sp³-hybridized carbons (Fsp3) is 0.0870. The first-order chi connectivity index (χ1) is 14.7. The minimum absolute atomic E-state index is 0.546. The van der Waals surface area contributed by atoms with Crippen LogP contribution in [0.3, 0.4) is 0 Å². The average Bonchev–Trinajstić information content (AvgIpc) is 3.20. The molecule has 0 fully saturated rings. The van der Waals surface area contributed by atoms with Crippen LogP contribution in [-0.4, -0.2) is 29.7 Å². The Labute approximate surface area is 173 Å². The van der Waals surface area contributed by atoms with E-state index in [0.717, 1.165) is 44.9 Å². The number of fused-ring (bicyclic) bond motifs is 1. The van der Waals surface area contributed by atoms with E-state index in [9.17, 15) is 0 Å². The van der Waals surface area contributed by atoms with Crippen molar-refractivity contribution in [1.82, 2.24) is 29.7 Å². The third kappa shape index (κ3) is 3.48. The first kappa shape index (κ1) is 17.9. The highest BCUT2D eigenvalue weighted by atomic mass is 15.3. The van der Waals surface area contributed by atoms with Crippen LogP contribution in [0.5, 0.6) is 0 Å². The van der Waals surface area contributed by atoms with Crippen LogP contribution in [0.1, 0.15) is 11.5 Å². The second-order valence-corrected chi connectivity index (χ2v) is 7.03. The number of aromatic nitrogens is 6. The lowest BCUT2D eigenvalue weighted by atomic mass is 10.0. The quantitative estimate of drug-likeness (QED) is 0.479. The molecule has 30 heavy (non-hydrogen) atoms. The first-order valence-corrected chi connectivity index (χ1v) is 9.60. The van der Waals surface area contributed by atoms with Crippen LogP contribution < -0.4 is 5.32 Å². The number of pyridine rings is 1. The molecule has 0 radical (unpaired) electrons. The fourth-order valence-electron chi connectivity index (χ4n) is 3.36. The molecular weight excluding hydrogens is 374 g/mol. The van der Waals surface area contributed by atoms with Gasteiger partial charge in [-0.2, -0.15) is 5.10 Å². The standard InChI is InChI=1S/C23H19N7/c1-15-12-17(10-11-24-15)21-5-3-4-18-13-25-23(28-22(18)21)27-19-6-8-20(9-7-19)30-14-26-16(2)29-30/h3-14H,1-2H3,(H,25,27,28). The topological polar surface area (TPSA) is 81.4 Å². The highest BCUT2D eigenvalue weighted by Crippen LogP contribution is 2.28. The Hall–Kier alpha value is -4.13. The van der Waals surface area contributed by atoms with Gasteiger partial charge < -0.3 is 5.32 Å². The van der Waals surface area contributed by atoms with Gasteiger partial charge in [-0.3, -0.25) is 4.98 Å². The largest absolute Gasteiger partial charge is 0.324 e. The van der Waals surface area contributed by atoms with E-state index in [0.29, 0.717) is 5.95 Å². The van der Waals surface area contributed by atoms with Crippen molar-refractivity contribution in [2.75, 3.05) is 5.32 Å². The Bertz CT molecular complexity index is 1340. The summed E-state index contributed by atoms with van der Waals surface area (Å²) in [4.78, 5) is 17.7. The molecule has 0 amide bonds. The van der Waals surface area contributed by atoms with Gasteiger partial charge in [-0.25, -0.2) is 19.6 Å². The lowest BCUT2D eigenvalue weighted by Crippen LogP contribution is -1.99. The predicted molar refractivity (Wildman–Crippen MR) is 117 cm³/mol. The molecule has 0 unspecified atom stereocenters. The summed E-state index contributed by atoms with van der Waals surface area (Å²) in [6.07, 6.45) is 5.36. The minimum atomic E-state index is 0.546. The molecule has 146 valence electrons. The monoisotopic (exact) mass is 393 g/mol. The van der Waals surface area contributed by atoms with Gasteiger partial charge in [0, 0.05) is 34.7 Å². The van der Waals surface area contributed by atoms with E-state index < -0.39 is 0 Å². The van der Waals surface area contributed by atoms with Crippen molar-refractivity contribution in [3.8, 4) is 16.8 Å². The smallest absolute Gasteiger partial charge is 0.227 e. The zero-order valence-corrected chi connectivity index (χ0v) is 16.6. The Morgan fingerprint density at radius 2 is 1.77 bits per heavy atom. The molecule has 5 aromatic rings. The normalized spacial score (nSPS) is 11.0. The number of nitrogens with zero attached hydrogens (tertiary/aromatic N) is 6. The minimum Gasteiger partial charge on any atom is -0.324 e. The van der Waals surface area contributed by atoms with Crippen molar-refractivity contribution in [3.05, 3.63) is 84.8 Å². The van der Waals surface area contributed by atoms with Crippen molar-refractivity contribution in [2.24, 2.45) is 0 Å². The molecule has 0 bridgehead atoms. The van der Waals surface area contributed by atoms with Crippen LogP contribution in [0.25, 0.3) is 27.7 Å². The molecule has 3 heterocycles. The second kappa shape index (κ2) is 7.36. The number of nitrogens with one attached hydrogen (secondary N) is 1. The Morgan fingerprint density at radius 3 is 2.53 bits per heavy atom. The summed E-state index contributed by atoms with van der Waals surface area (Å²) < 4.78 is 1.74. The Balaban J connectivity index is 1.47. The van der Waals surface area contributed by atoms with E-state index in [1.54, 1.807) is 11.0 Å². The Kier molecular flexibility index (Phi) is 4.40. The molecule has 0 saturated heterocycles. The lowest BCUT2D eigenvalue weighted by molar-refractivity contribution is 0.863. The molecule has 2 aromatic carbocycles. The number of para-hydroxylation sites is 1. The van der Waals surface area contributed by atoms with Crippen LogP contribution in [0.15, 0.2) is 73.3 Å². The van der Waals surface area contributed by atoms with E-state index in [1.807, 2.05) is 68.7 Å². The van der Waals surface area contributed by atoms with Gasteiger partial charge in [0.2, 0.25) is 5.95 Å². The van der Waals surface area contributed by atoms with E-state index >= 15 is 0 Å². The van der Waals surface area contributed by atoms with Crippen molar-refractivity contribution in [2.45, 2.75) is 13.8 Å². The van der Waals surface area contributed by atoms with Crippen molar-refractivity contribution < 1.29 is 0 Å². The zero-order chi connectivity index (χ0) is 20.5. The number of anilines is 2. The number of rotatable bonds is 4. The maximum atomic E-state index is 4.79. The molecule has 0 aliphatic carbocycles. The van der Waals surface area contributed by atoms with E-state index in [4.69, 9.17) is 4.98 Å². The number of hydrogen-bond acceptors (Lipinski definition) is 6. The van der Waals surface area contributed by atoms with Crippen LogP contribution in [-0.2, 0) is 0 Å². The van der Waals surface area contributed by atoms with Gasteiger partial charge in [-0.15, -0.1) is 0 Å². The van der Waals surface area contributed by atoms with Gasteiger partial charge >= 0.3 is 0 Å². The molecule has 5 rings (SSSR count). The molecule has 1 N–H and O–H groups in total. The molecule has 7 nitrogen and oxygen atoms in total. The van der Waals surface area contributed by atoms with Crippen molar-refractivity contribution in [3.63, 3.8) is 0 Å². The summed E-state index contributed by atoms with van der Waals surface area (Å²) in [7, 11) is 0. The van der Waals surface area contributed by atoms with Gasteiger partial charge in [0.05, 0.1) is 11.2 Å². The van der Waals surface area contributed by atoms with Gasteiger partial charge in [-0.1, -0.05) is 18.2 Å². The van der Waals surface area contributed by atoms with Crippen LogP contribution in [0, 0.1) is 13.8 Å². The number of aryl methyl sites for hydroxylation is 2. The highest BCUT2D eigenvalue weighted by Gasteiger charge is 2.08. The summed E-state index contributed by atoms with van der Waals surface area (Å²) in [6, 6.07) is 18.1. The highest BCUT2D eigenvalue weighted by molar-refractivity contribution is 5.93. The molecular formula is C23H19N7. The molecule has 0 saturated carbocycles. The average molecular weight is 393 g/mol. The summed E-state index contributed by atoms with van der Waals surface area (Å²) >= 11 is 0. The SMILES string of the molecule is Cc1cc(-c2cccc3cnc(Nc4ccc(-n5cnc(C)n5)cc4)nc23)ccn1. The molecule has 3 aromatic heterocycles. The van der Waals surface area contributed by atoms with Crippen LogP contribution in [0.2, 0.25) is 0 Å². The molecule has 0 spiro atoms. The predicted octanol–water partition coefficient (Wildman–Crippen LogP) is 4.63. The van der Waals surface area contributed by atoms with Crippen molar-refractivity contribution in [1.29, 1.82) is 0 Å². The summed E-state index contributed by atoms with van der Waals surface area (Å²) in [6.45, 7) is 3.85. The van der Waals surface area contributed by atoms with E-state index in [-0.39, 0.29) is 0 Å². The summed E-state index contributed by atoms with van der Waals surface area (Å²) in [5, 5.41) is 8.61. The van der Waals surface area contributed by atoms with Gasteiger partial charge in [-0.05, 0) is 55.8 Å². The maximum Gasteiger partial charge on any atom is 0.227 e. The van der Waals surface area contributed by atoms with E-state index in [2.05, 4.69) is 37.5 Å². The zero-order valence-electron chi connectivity index (χ0n) is 16.6. The van der Waals surface area contributed by atoms with Crippen LogP contribution in [0.4, 0.5) is 11.6 Å². The van der Waals surface area contributed by atoms with Gasteiger partial charge in [0.25, 0.3) is 0 Å². The third-order valence-electron chi connectivity index (χ3n) is 4.81. The third-order valence-corrected chi connectivity index (χ3v) is 4.81. The molecule has 0 atom stereocenters. The summed E-state index contributed by atoms with van der Waals surface area (Å²) in [5.74, 6) is 1.28. The van der Waals surface area contributed by atoms with Crippen molar-refractivity contribution >= 4 is 22.5 Å². The van der Waals surface area contributed by atoms with Crippen LogP contribution >= 0.6 is 0 Å².